The molecule has 0 aliphatic carbocycles. The summed E-state index contributed by atoms with van der Waals surface area (Å²) >= 11 is 0. The van der Waals surface area contributed by atoms with Gasteiger partial charge in [0.2, 0.25) is 0 Å². The Balaban J connectivity index is 1.64. The van der Waals surface area contributed by atoms with Crippen molar-refractivity contribution in [1.29, 1.82) is 0 Å². The summed E-state index contributed by atoms with van der Waals surface area (Å²) in [4.78, 5) is 14.9. The minimum Gasteiger partial charge on any atom is -0.455 e. The average Bonchev–Trinajstić information content (AvgIpc) is 3.26. The summed E-state index contributed by atoms with van der Waals surface area (Å²) in [7, 11) is 0. The van der Waals surface area contributed by atoms with Crippen LogP contribution in [-0.4, -0.2) is 23.9 Å². The van der Waals surface area contributed by atoms with Gasteiger partial charge in [0.1, 0.15) is 5.75 Å². The molecule has 0 bridgehead atoms. The fourth-order valence-corrected chi connectivity index (χ4v) is 3.36. The molecule has 1 aliphatic rings. The van der Waals surface area contributed by atoms with E-state index in [2.05, 4.69) is 5.32 Å². The van der Waals surface area contributed by atoms with E-state index >= 15 is 0 Å². The Morgan fingerprint density at radius 1 is 0.893 bits per heavy atom. The summed E-state index contributed by atoms with van der Waals surface area (Å²) in [6.45, 7) is 1.58. The van der Waals surface area contributed by atoms with Gasteiger partial charge in [0.15, 0.2) is 5.75 Å². The smallest absolute Gasteiger partial charge is 0.256 e. The number of para-hydroxylation sites is 3. The lowest BCUT2D eigenvalue weighted by Crippen LogP contribution is -2.28. The highest BCUT2D eigenvalue weighted by Gasteiger charge is 2.22. The zero-order valence-electron chi connectivity index (χ0n) is 15.6. The Morgan fingerprint density at radius 2 is 1.61 bits per heavy atom. The van der Waals surface area contributed by atoms with Crippen molar-refractivity contribution >= 4 is 23.0 Å². The Labute approximate surface area is 164 Å². The number of carbonyl (C=O) groups is 1. The van der Waals surface area contributed by atoms with Gasteiger partial charge in [0.25, 0.3) is 5.91 Å². The van der Waals surface area contributed by atoms with Crippen LogP contribution in [0.25, 0.3) is 0 Å². The molecule has 5 heteroatoms. The number of likely N-dealkylation sites (tertiary alicyclic amines) is 1. The quantitative estimate of drug-likeness (QED) is 0.615. The van der Waals surface area contributed by atoms with E-state index in [0.717, 1.165) is 43.1 Å². The maximum atomic E-state index is 13.0. The number of benzene rings is 3. The van der Waals surface area contributed by atoms with E-state index in [9.17, 15) is 4.79 Å². The SMILES string of the molecule is Nc1ccc(Nc2ccccc2Oc2ccccc2)c(C(=O)N2CCCC2)c1. The van der Waals surface area contributed by atoms with Crippen LogP contribution in [0, 0.1) is 0 Å². The fourth-order valence-electron chi connectivity index (χ4n) is 3.36. The third-order valence-electron chi connectivity index (χ3n) is 4.79. The second-order valence-electron chi connectivity index (χ2n) is 6.84. The van der Waals surface area contributed by atoms with Gasteiger partial charge in [-0.05, 0) is 55.3 Å². The minimum atomic E-state index is 0.00811. The van der Waals surface area contributed by atoms with Gasteiger partial charge < -0.3 is 20.7 Å². The maximum Gasteiger partial charge on any atom is 0.256 e. The van der Waals surface area contributed by atoms with Gasteiger partial charge in [-0.25, -0.2) is 0 Å². The number of nitrogens with two attached hydrogens (primary N) is 1. The monoisotopic (exact) mass is 373 g/mol. The zero-order chi connectivity index (χ0) is 19.3. The molecule has 3 N–H and O–H groups in total. The van der Waals surface area contributed by atoms with Crippen LogP contribution < -0.4 is 15.8 Å². The predicted molar refractivity (Wildman–Crippen MR) is 112 cm³/mol. The summed E-state index contributed by atoms with van der Waals surface area (Å²) < 4.78 is 6.02. The third kappa shape index (κ3) is 3.93. The molecular formula is C23H23N3O2. The van der Waals surface area contributed by atoms with Crippen LogP contribution >= 0.6 is 0 Å². The number of nitrogens with zero attached hydrogens (tertiary/aromatic N) is 1. The molecule has 3 aromatic carbocycles. The minimum absolute atomic E-state index is 0.00811. The van der Waals surface area contributed by atoms with Gasteiger partial charge in [-0.2, -0.15) is 0 Å². The first kappa shape index (κ1) is 17.9. The lowest BCUT2D eigenvalue weighted by atomic mass is 10.1. The van der Waals surface area contributed by atoms with Crippen LogP contribution in [0.15, 0.2) is 72.8 Å². The van der Waals surface area contributed by atoms with Gasteiger partial charge in [-0.3, -0.25) is 4.79 Å². The lowest BCUT2D eigenvalue weighted by molar-refractivity contribution is 0.0794. The number of amides is 1. The number of nitrogens with one attached hydrogen (secondary N) is 1. The second-order valence-corrected chi connectivity index (χ2v) is 6.84. The van der Waals surface area contributed by atoms with Crippen molar-refractivity contribution in [3.05, 3.63) is 78.4 Å². The van der Waals surface area contributed by atoms with Crippen LogP contribution in [-0.2, 0) is 0 Å². The largest absolute Gasteiger partial charge is 0.455 e. The normalized spacial score (nSPS) is 13.4. The van der Waals surface area contributed by atoms with Crippen LogP contribution in [0.5, 0.6) is 11.5 Å². The van der Waals surface area contributed by atoms with E-state index in [1.807, 2.05) is 65.6 Å². The highest BCUT2D eigenvalue weighted by atomic mass is 16.5. The van der Waals surface area contributed by atoms with Crippen molar-refractivity contribution in [2.75, 3.05) is 24.1 Å². The third-order valence-corrected chi connectivity index (χ3v) is 4.79. The van der Waals surface area contributed by atoms with Crippen LogP contribution in [0.1, 0.15) is 23.2 Å². The van der Waals surface area contributed by atoms with Crippen molar-refractivity contribution < 1.29 is 9.53 Å². The summed E-state index contributed by atoms with van der Waals surface area (Å²) in [5.74, 6) is 1.45. The number of nitrogen functional groups attached to an aromatic ring is 1. The van der Waals surface area contributed by atoms with Crippen LogP contribution in [0.3, 0.4) is 0 Å². The van der Waals surface area contributed by atoms with E-state index in [1.54, 1.807) is 12.1 Å². The first-order valence-corrected chi connectivity index (χ1v) is 9.48. The highest BCUT2D eigenvalue weighted by molar-refractivity contribution is 6.01. The molecule has 1 saturated heterocycles. The molecule has 5 nitrogen and oxygen atoms in total. The topological polar surface area (TPSA) is 67.6 Å². The number of hydrogen-bond acceptors (Lipinski definition) is 4. The molecule has 1 fully saturated rings. The molecule has 1 amide bonds. The number of anilines is 3. The Morgan fingerprint density at radius 3 is 2.39 bits per heavy atom. The molecule has 0 atom stereocenters. The summed E-state index contributed by atoms with van der Waals surface area (Å²) in [5, 5.41) is 3.36. The van der Waals surface area contributed by atoms with Gasteiger partial charge in [-0.1, -0.05) is 30.3 Å². The Kier molecular flexibility index (Phi) is 5.15. The Hall–Kier alpha value is -3.47. The standard InChI is InChI=1S/C23H23N3O2/c24-17-12-13-20(19(16-17)23(27)26-14-6-7-15-26)25-21-10-4-5-11-22(21)28-18-8-2-1-3-9-18/h1-5,8-13,16,25H,6-7,14-15,24H2. The molecule has 1 heterocycles. The van der Waals surface area contributed by atoms with Gasteiger partial charge in [0, 0.05) is 18.8 Å². The fraction of sp³-hybridized carbons (Fsp3) is 0.174. The predicted octanol–water partition coefficient (Wildman–Crippen LogP) is 5.04. The van der Waals surface area contributed by atoms with E-state index < -0.39 is 0 Å². The molecular weight excluding hydrogens is 350 g/mol. The lowest BCUT2D eigenvalue weighted by Gasteiger charge is -2.20. The van der Waals surface area contributed by atoms with Crippen LogP contribution in [0.2, 0.25) is 0 Å². The molecule has 142 valence electrons. The van der Waals surface area contributed by atoms with E-state index in [0.29, 0.717) is 17.0 Å². The summed E-state index contributed by atoms with van der Waals surface area (Å²) in [5.41, 5.74) is 8.62. The van der Waals surface area contributed by atoms with Crippen molar-refractivity contribution in [1.82, 2.24) is 4.90 Å². The first-order chi connectivity index (χ1) is 13.7. The van der Waals surface area contributed by atoms with E-state index in [4.69, 9.17) is 10.5 Å². The summed E-state index contributed by atoms with van der Waals surface area (Å²) in [6, 6.07) is 22.7. The van der Waals surface area contributed by atoms with Crippen molar-refractivity contribution in [3.8, 4) is 11.5 Å². The van der Waals surface area contributed by atoms with E-state index in [1.165, 1.54) is 0 Å². The van der Waals surface area contributed by atoms with Crippen molar-refractivity contribution in [3.63, 3.8) is 0 Å². The maximum absolute atomic E-state index is 13.0. The number of hydrogen-bond donors (Lipinski definition) is 2. The first-order valence-electron chi connectivity index (χ1n) is 9.48. The second kappa shape index (κ2) is 8.05. The van der Waals surface area contributed by atoms with Crippen molar-refractivity contribution in [2.24, 2.45) is 0 Å². The molecule has 4 rings (SSSR count). The zero-order valence-corrected chi connectivity index (χ0v) is 15.6. The van der Waals surface area contributed by atoms with Gasteiger partial charge in [-0.15, -0.1) is 0 Å². The van der Waals surface area contributed by atoms with Gasteiger partial charge in [0.05, 0.1) is 16.9 Å². The summed E-state index contributed by atoms with van der Waals surface area (Å²) in [6.07, 6.45) is 2.09. The molecule has 0 spiro atoms. The number of ether oxygens (including phenoxy) is 1. The number of rotatable bonds is 5. The van der Waals surface area contributed by atoms with E-state index in [-0.39, 0.29) is 5.91 Å². The number of carbonyl (C=O) groups excluding carboxylic acids is 1. The van der Waals surface area contributed by atoms with Crippen molar-refractivity contribution in [2.45, 2.75) is 12.8 Å². The molecule has 1 aliphatic heterocycles. The molecule has 3 aromatic rings. The molecule has 28 heavy (non-hydrogen) atoms. The molecule has 0 aromatic heterocycles. The molecule has 0 radical (unpaired) electrons. The highest BCUT2D eigenvalue weighted by Crippen LogP contribution is 2.33. The molecule has 0 saturated carbocycles. The Bertz CT molecular complexity index is 967. The average molecular weight is 373 g/mol. The molecule has 0 unspecified atom stereocenters. The van der Waals surface area contributed by atoms with Crippen LogP contribution in [0.4, 0.5) is 17.1 Å². The van der Waals surface area contributed by atoms with Gasteiger partial charge >= 0.3 is 0 Å².